The lowest BCUT2D eigenvalue weighted by Crippen LogP contribution is -2.50. The summed E-state index contributed by atoms with van der Waals surface area (Å²) < 4.78 is 0. The fourth-order valence-corrected chi connectivity index (χ4v) is 4.58. The van der Waals surface area contributed by atoms with E-state index in [4.69, 9.17) is 5.84 Å². The first-order chi connectivity index (χ1) is 16.7. The van der Waals surface area contributed by atoms with Crippen LogP contribution in [-0.2, 0) is 9.59 Å². The molecule has 0 saturated carbocycles. The average Bonchev–Trinajstić information content (AvgIpc) is 2.85. The normalized spacial score (nSPS) is 13.9. The predicted molar refractivity (Wildman–Crippen MR) is 135 cm³/mol. The van der Waals surface area contributed by atoms with Gasteiger partial charge in [0.15, 0.2) is 5.78 Å². The minimum Gasteiger partial charge on any atom is -0.293 e. The van der Waals surface area contributed by atoms with Crippen LogP contribution in [0.15, 0.2) is 48.7 Å². The number of pyridine rings is 1. The van der Waals surface area contributed by atoms with Crippen LogP contribution in [0.25, 0.3) is 6.08 Å². The number of nitrogens with one attached hydrogen (secondary N) is 2. The van der Waals surface area contributed by atoms with Crippen LogP contribution in [-0.4, -0.2) is 27.8 Å². The van der Waals surface area contributed by atoms with Gasteiger partial charge in [-0.05, 0) is 49.3 Å². The molecule has 1 aromatic carbocycles. The monoisotopic (exact) mass is 480 g/mol. The number of Topliss-reactive ketones (excluding diaryl/α,β-unsaturated/α-hetero) is 1. The molecule has 2 aromatic rings. The molecule has 1 heterocycles. The van der Waals surface area contributed by atoms with Gasteiger partial charge in [0.2, 0.25) is 5.91 Å². The first-order valence-electron chi connectivity index (χ1n) is 11.9. The van der Waals surface area contributed by atoms with Crippen molar-refractivity contribution in [3.05, 3.63) is 71.1 Å². The Kier molecular flexibility index (Phi) is 10.3. The van der Waals surface area contributed by atoms with E-state index in [0.717, 1.165) is 5.56 Å². The van der Waals surface area contributed by atoms with Crippen molar-refractivity contribution in [2.75, 3.05) is 0 Å². The van der Waals surface area contributed by atoms with Crippen molar-refractivity contribution in [3.8, 4) is 0 Å². The Morgan fingerprint density at radius 3 is 2.43 bits per heavy atom. The van der Waals surface area contributed by atoms with Crippen molar-refractivity contribution in [1.29, 1.82) is 0 Å². The standard InChI is InChI=1S/C27H36N4O4/c1-5-15-27(17-18(2)3,26(34)30-28)24(32)22-19(4)14-16-29-23(22)21(25(33)31-35)13-9-12-20-10-7-6-8-11-20/h6-12,14,16,18,21,35H,5,13,15,17,28H2,1-4H3,(H,30,34)(H,31,33)/b12-9+/t21-,27+/m0/s1. The molecule has 0 saturated heterocycles. The highest BCUT2D eigenvalue weighted by molar-refractivity contribution is 6.15. The van der Waals surface area contributed by atoms with Crippen LogP contribution >= 0.6 is 0 Å². The maximum atomic E-state index is 14.2. The Balaban J connectivity index is 2.62. The lowest BCUT2D eigenvalue weighted by Gasteiger charge is -2.33. The lowest BCUT2D eigenvalue weighted by atomic mass is 9.69. The van der Waals surface area contributed by atoms with Crippen LogP contribution in [0, 0.1) is 18.3 Å². The quantitative estimate of drug-likeness (QED) is 0.0903. The molecule has 0 fully saturated rings. The molecule has 2 amide bonds. The smallest absolute Gasteiger partial charge is 0.252 e. The highest BCUT2D eigenvalue weighted by atomic mass is 16.5. The number of aryl methyl sites for hydroxylation is 1. The maximum Gasteiger partial charge on any atom is 0.252 e. The van der Waals surface area contributed by atoms with Crippen LogP contribution in [0.4, 0.5) is 0 Å². The minimum absolute atomic E-state index is 0.0357. The van der Waals surface area contributed by atoms with Gasteiger partial charge in [-0.25, -0.2) is 11.3 Å². The van der Waals surface area contributed by atoms with Crippen molar-refractivity contribution in [2.24, 2.45) is 17.2 Å². The van der Waals surface area contributed by atoms with Gasteiger partial charge in [0.25, 0.3) is 5.91 Å². The number of nitrogens with zero attached hydrogens (tertiary/aromatic N) is 1. The number of amides is 2. The molecule has 0 aliphatic rings. The van der Waals surface area contributed by atoms with Crippen molar-refractivity contribution in [2.45, 2.75) is 59.3 Å². The van der Waals surface area contributed by atoms with Crippen LogP contribution in [0.3, 0.4) is 0 Å². The average molecular weight is 481 g/mol. The number of benzene rings is 1. The predicted octanol–water partition coefficient (Wildman–Crippen LogP) is 4.09. The molecule has 35 heavy (non-hydrogen) atoms. The van der Waals surface area contributed by atoms with Gasteiger partial charge in [-0.1, -0.05) is 69.7 Å². The van der Waals surface area contributed by atoms with Gasteiger partial charge in [-0.15, -0.1) is 0 Å². The van der Waals surface area contributed by atoms with E-state index in [2.05, 4.69) is 10.4 Å². The highest BCUT2D eigenvalue weighted by Crippen LogP contribution is 2.39. The second-order valence-electron chi connectivity index (χ2n) is 9.20. The number of nitrogens with two attached hydrogens (primary N) is 1. The Morgan fingerprint density at radius 2 is 1.86 bits per heavy atom. The zero-order valence-corrected chi connectivity index (χ0v) is 20.9. The van der Waals surface area contributed by atoms with Gasteiger partial charge in [0.1, 0.15) is 5.41 Å². The van der Waals surface area contributed by atoms with E-state index in [1.165, 1.54) is 6.20 Å². The van der Waals surface area contributed by atoms with E-state index in [0.29, 0.717) is 24.8 Å². The summed E-state index contributed by atoms with van der Waals surface area (Å²) in [5.41, 5.74) is 4.46. The zero-order valence-electron chi connectivity index (χ0n) is 20.9. The number of aromatic nitrogens is 1. The molecule has 2 atom stereocenters. The summed E-state index contributed by atoms with van der Waals surface area (Å²) in [5.74, 6) is 2.96. The molecule has 0 spiro atoms. The van der Waals surface area contributed by atoms with Gasteiger partial charge >= 0.3 is 0 Å². The van der Waals surface area contributed by atoms with Crippen molar-refractivity contribution < 1.29 is 19.6 Å². The number of ketones is 1. The molecule has 1 aromatic heterocycles. The molecule has 8 nitrogen and oxygen atoms in total. The van der Waals surface area contributed by atoms with Crippen molar-refractivity contribution in [3.63, 3.8) is 0 Å². The van der Waals surface area contributed by atoms with Gasteiger partial charge in [-0.3, -0.25) is 30.0 Å². The Labute approximate surface area is 207 Å². The van der Waals surface area contributed by atoms with Crippen LogP contribution < -0.4 is 16.7 Å². The first kappa shape index (κ1) is 27.9. The van der Waals surface area contributed by atoms with Crippen LogP contribution in [0.1, 0.15) is 79.6 Å². The highest BCUT2D eigenvalue weighted by Gasteiger charge is 2.47. The summed E-state index contributed by atoms with van der Waals surface area (Å²) >= 11 is 0. The lowest BCUT2D eigenvalue weighted by molar-refractivity contribution is -0.131. The molecule has 2 rings (SSSR count). The Bertz CT molecular complexity index is 1050. The maximum absolute atomic E-state index is 14.2. The van der Waals surface area contributed by atoms with Crippen LogP contribution in [0.2, 0.25) is 0 Å². The Hall–Kier alpha value is -3.36. The molecule has 8 heteroatoms. The van der Waals surface area contributed by atoms with Gasteiger partial charge in [0.05, 0.1) is 11.6 Å². The van der Waals surface area contributed by atoms with Gasteiger partial charge < -0.3 is 0 Å². The van der Waals surface area contributed by atoms with E-state index in [-0.39, 0.29) is 23.6 Å². The largest absolute Gasteiger partial charge is 0.293 e. The Morgan fingerprint density at radius 1 is 1.17 bits per heavy atom. The molecule has 188 valence electrons. The third kappa shape index (κ3) is 6.61. The van der Waals surface area contributed by atoms with E-state index in [1.54, 1.807) is 24.5 Å². The van der Waals surface area contributed by atoms with E-state index < -0.39 is 28.9 Å². The molecule has 0 unspecified atom stereocenters. The van der Waals surface area contributed by atoms with Gasteiger partial charge in [-0.2, -0.15) is 0 Å². The van der Waals surface area contributed by atoms with Crippen molar-refractivity contribution >= 4 is 23.7 Å². The fraction of sp³-hybridized carbons (Fsp3) is 0.407. The minimum atomic E-state index is -1.40. The van der Waals surface area contributed by atoms with Crippen LogP contribution in [0.5, 0.6) is 0 Å². The number of rotatable bonds is 12. The second kappa shape index (κ2) is 12.9. The molecule has 5 N–H and O–H groups in total. The summed E-state index contributed by atoms with van der Waals surface area (Å²) in [6.07, 6.45) is 6.54. The number of hydrogen-bond donors (Lipinski definition) is 4. The summed E-state index contributed by atoms with van der Waals surface area (Å²) in [4.78, 5) is 44.4. The SMILES string of the molecule is CCC[C@](CC(C)C)(C(=O)NN)C(=O)c1c(C)ccnc1[C@H](C/C=C/c1ccccc1)C(=O)NO. The molecule has 0 radical (unpaired) electrons. The first-order valence-corrected chi connectivity index (χ1v) is 11.9. The summed E-state index contributed by atoms with van der Waals surface area (Å²) in [6.45, 7) is 7.53. The summed E-state index contributed by atoms with van der Waals surface area (Å²) in [5, 5.41) is 9.45. The number of allylic oxidation sites excluding steroid dienone is 1. The topological polar surface area (TPSA) is 134 Å². The fourth-order valence-electron chi connectivity index (χ4n) is 4.58. The third-order valence-electron chi connectivity index (χ3n) is 6.09. The van der Waals surface area contributed by atoms with E-state index >= 15 is 0 Å². The molecular formula is C27H36N4O4. The third-order valence-corrected chi connectivity index (χ3v) is 6.09. The second-order valence-corrected chi connectivity index (χ2v) is 9.20. The number of hydroxylamine groups is 1. The molecule has 0 aliphatic heterocycles. The number of carbonyl (C=O) groups is 3. The zero-order chi connectivity index (χ0) is 26.0. The molecular weight excluding hydrogens is 444 g/mol. The number of hydrazine groups is 1. The molecule has 0 aliphatic carbocycles. The summed E-state index contributed by atoms with van der Waals surface area (Å²) in [6, 6.07) is 11.2. The van der Waals surface area contributed by atoms with Gasteiger partial charge in [0, 0.05) is 11.8 Å². The number of carbonyl (C=O) groups excluding carboxylic acids is 3. The van der Waals surface area contributed by atoms with Crippen molar-refractivity contribution in [1.82, 2.24) is 15.9 Å². The number of hydrogen-bond acceptors (Lipinski definition) is 6. The van der Waals surface area contributed by atoms with E-state index in [1.807, 2.05) is 57.2 Å². The summed E-state index contributed by atoms with van der Waals surface area (Å²) in [7, 11) is 0. The van der Waals surface area contributed by atoms with E-state index in [9.17, 15) is 19.6 Å². The molecule has 0 bridgehead atoms.